The van der Waals surface area contributed by atoms with E-state index in [0.717, 1.165) is 29.8 Å². The number of benzene rings is 2. The van der Waals surface area contributed by atoms with E-state index in [4.69, 9.17) is 0 Å². The first-order valence-corrected chi connectivity index (χ1v) is 11.3. The van der Waals surface area contributed by atoms with Crippen LogP contribution in [-0.4, -0.2) is 26.6 Å². The van der Waals surface area contributed by atoms with Gasteiger partial charge in [0.2, 0.25) is 15.9 Å². The predicted octanol–water partition coefficient (Wildman–Crippen LogP) is 4.35. The Morgan fingerprint density at radius 1 is 1.11 bits per heavy atom. The molecular formula is C21H27FN2O3S. The first-order chi connectivity index (χ1) is 13.3. The lowest BCUT2D eigenvalue weighted by atomic mass is 10.1. The van der Waals surface area contributed by atoms with Crippen molar-refractivity contribution in [2.75, 3.05) is 15.9 Å². The number of unbranched alkanes of at least 4 members (excludes halogenated alkanes) is 1. The van der Waals surface area contributed by atoms with Gasteiger partial charge < -0.3 is 5.32 Å². The van der Waals surface area contributed by atoms with Gasteiger partial charge in [0.1, 0.15) is 11.9 Å². The molecule has 0 saturated carbocycles. The molecule has 2 aromatic carbocycles. The number of halogens is 1. The van der Waals surface area contributed by atoms with Gasteiger partial charge in [0.05, 0.1) is 11.9 Å². The average Bonchev–Trinajstić information content (AvgIpc) is 2.65. The monoisotopic (exact) mass is 406 g/mol. The maximum absolute atomic E-state index is 14.3. The van der Waals surface area contributed by atoms with Crippen LogP contribution in [0.5, 0.6) is 0 Å². The number of aryl methyl sites for hydroxylation is 1. The average molecular weight is 407 g/mol. The van der Waals surface area contributed by atoms with Crippen LogP contribution in [0, 0.1) is 5.82 Å². The minimum Gasteiger partial charge on any atom is -0.324 e. The highest BCUT2D eigenvalue weighted by Gasteiger charge is 2.33. The molecule has 0 bridgehead atoms. The lowest BCUT2D eigenvalue weighted by molar-refractivity contribution is -0.117. The number of anilines is 2. The summed E-state index contributed by atoms with van der Waals surface area (Å²) in [5, 5.41) is 2.75. The zero-order valence-corrected chi connectivity index (χ0v) is 17.3. The molecule has 1 unspecified atom stereocenters. The highest BCUT2D eigenvalue weighted by atomic mass is 32.2. The molecule has 7 heteroatoms. The largest absolute Gasteiger partial charge is 0.324 e. The fourth-order valence-electron chi connectivity index (χ4n) is 3.03. The van der Waals surface area contributed by atoms with Crippen molar-refractivity contribution < 1.29 is 17.6 Å². The zero-order chi connectivity index (χ0) is 20.7. The van der Waals surface area contributed by atoms with E-state index in [1.54, 1.807) is 19.1 Å². The van der Waals surface area contributed by atoms with Crippen molar-refractivity contribution in [3.63, 3.8) is 0 Å². The molecule has 28 heavy (non-hydrogen) atoms. The number of nitrogens with one attached hydrogen (secondary N) is 1. The molecule has 0 heterocycles. The topological polar surface area (TPSA) is 66.5 Å². The second kappa shape index (κ2) is 9.68. The minimum absolute atomic E-state index is 0.137. The number of amides is 1. The van der Waals surface area contributed by atoms with Crippen molar-refractivity contribution in [3.05, 3.63) is 59.9 Å². The SMILES string of the molecule is CCCCc1ccc(NC(=O)C(CC)N(c2ccccc2F)S(C)(=O)=O)cc1. The van der Waals surface area contributed by atoms with Crippen LogP contribution < -0.4 is 9.62 Å². The Morgan fingerprint density at radius 3 is 2.29 bits per heavy atom. The number of hydrogen-bond donors (Lipinski definition) is 1. The maximum Gasteiger partial charge on any atom is 0.248 e. The molecule has 1 atom stereocenters. The Bertz CT molecular complexity index is 898. The number of sulfonamides is 1. The van der Waals surface area contributed by atoms with Crippen LogP contribution >= 0.6 is 0 Å². The summed E-state index contributed by atoms with van der Waals surface area (Å²) in [7, 11) is -3.87. The van der Waals surface area contributed by atoms with Gasteiger partial charge in [-0.3, -0.25) is 9.10 Å². The number of nitrogens with zero attached hydrogens (tertiary/aromatic N) is 1. The number of carbonyl (C=O) groups excluding carboxylic acids is 1. The van der Waals surface area contributed by atoms with Crippen LogP contribution in [0.2, 0.25) is 0 Å². The molecule has 1 N–H and O–H groups in total. The van der Waals surface area contributed by atoms with Crippen LogP contribution in [0.4, 0.5) is 15.8 Å². The van der Waals surface area contributed by atoms with Gasteiger partial charge in [-0.05, 0) is 49.1 Å². The molecular weight excluding hydrogens is 379 g/mol. The molecule has 1 amide bonds. The number of para-hydroxylation sites is 1. The summed E-state index contributed by atoms with van der Waals surface area (Å²) in [5.41, 5.74) is 1.61. The number of rotatable bonds is 9. The maximum atomic E-state index is 14.3. The standard InChI is InChI=1S/C21H27FN2O3S/c1-4-6-9-16-12-14-17(15-13-16)23-21(25)19(5-2)24(28(3,26)27)20-11-8-7-10-18(20)22/h7-8,10-15,19H,4-6,9H2,1-3H3,(H,23,25). The Kier molecular flexibility index (Phi) is 7.57. The van der Waals surface area contributed by atoms with Crippen LogP contribution in [-0.2, 0) is 21.2 Å². The van der Waals surface area contributed by atoms with Crippen molar-refractivity contribution in [2.24, 2.45) is 0 Å². The molecule has 0 fully saturated rings. The molecule has 2 rings (SSSR count). The van der Waals surface area contributed by atoms with Gasteiger partial charge in [-0.25, -0.2) is 12.8 Å². The number of carbonyl (C=O) groups is 1. The third-order valence-electron chi connectivity index (χ3n) is 4.46. The molecule has 0 aliphatic rings. The first-order valence-electron chi connectivity index (χ1n) is 9.41. The summed E-state index contributed by atoms with van der Waals surface area (Å²) in [6, 6.07) is 12.0. The van der Waals surface area contributed by atoms with E-state index in [9.17, 15) is 17.6 Å². The van der Waals surface area contributed by atoms with Gasteiger partial charge in [0.25, 0.3) is 0 Å². The smallest absolute Gasteiger partial charge is 0.248 e. The van der Waals surface area contributed by atoms with Crippen molar-refractivity contribution in [3.8, 4) is 0 Å². The van der Waals surface area contributed by atoms with Gasteiger partial charge in [-0.1, -0.05) is 44.5 Å². The predicted molar refractivity (Wildman–Crippen MR) is 111 cm³/mol. The van der Waals surface area contributed by atoms with Gasteiger partial charge in [-0.2, -0.15) is 0 Å². The van der Waals surface area contributed by atoms with E-state index in [1.165, 1.54) is 29.8 Å². The Balaban J connectivity index is 2.26. The van der Waals surface area contributed by atoms with Gasteiger partial charge in [-0.15, -0.1) is 0 Å². The summed E-state index contributed by atoms with van der Waals surface area (Å²) in [6.07, 6.45) is 4.33. The lowest BCUT2D eigenvalue weighted by Crippen LogP contribution is -2.47. The van der Waals surface area contributed by atoms with Crippen molar-refractivity contribution in [2.45, 2.75) is 45.6 Å². The van der Waals surface area contributed by atoms with E-state index in [1.807, 2.05) is 12.1 Å². The molecule has 0 aliphatic heterocycles. The normalized spacial score (nSPS) is 12.4. The lowest BCUT2D eigenvalue weighted by Gasteiger charge is -2.30. The second-order valence-electron chi connectivity index (χ2n) is 6.72. The molecule has 2 aromatic rings. The molecule has 0 spiro atoms. The van der Waals surface area contributed by atoms with Crippen LogP contribution in [0.1, 0.15) is 38.7 Å². The quantitative estimate of drug-likeness (QED) is 0.673. The van der Waals surface area contributed by atoms with E-state index >= 15 is 0 Å². The third kappa shape index (κ3) is 5.55. The van der Waals surface area contributed by atoms with Crippen LogP contribution in [0.3, 0.4) is 0 Å². The van der Waals surface area contributed by atoms with Crippen molar-refractivity contribution in [1.82, 2.24) is 0 Å². The van der Waals surface area contributed by atoms with E-state index in [0.29, 0.717) is 5.69 Å². The van der Waals surface area contributed by atoms with Crippen molar-refractivity contribution >= 4 is 27.3 Å². The summed E-state index contributed by atoms with van der Waals surface area (Å²) < 4.78 is 39.9. The van der Waals surface area contributed by atoms with Gasteiger partial charge >= 0.3 is 0 Å². The van der Waals surface area contributed by atoms with Crippen LogP contribution in [0.25, 0.3) is 0 Å². The highest BCUT2D eigenvalue weighted by molar-refractivity contribution is 7.92. The fourth-order valence-corrected chi connectivity index (χ4v) is 4.24. The third-order valence-corrected chi connectivity index (χ3v) is 5.63. The summed E-state index contributed by atoms with van der Waals surface area (Å²) in [5.74, 6) is -1.20. The Hall–Kier alpha value is -2.41. The molecule has 152 valence electrons. The summed E-state index contributed by atoms with van der Waals surface area (Å²) in [4.78, 5) is 12.8. The van der Waals surface area contributed by atoms with Gasteiger partial charge in [0, 0.05) is 5.69 Å². The molecule has 5 nitrogen and oxygen atoms in total. The second-order valence-corrected chi connectivity index (χ2v) is 8.58. The Morgan fingerprint density at radius 2 is 1.75 bits per heavy atom. The molecule has 0 saturated heterocycles. The van der Waals surface area contributed by atoms with Crippen molar-refractivity contribution in [1.29, 1.82) is 0 Å². The van der Waals surface area contributed by atoms with Crippen LogP contribution in [0.15, 0.2) is 48.5 Å². The Labute approximate surface area is 166 Å². The van der Waals surface area contributed by atoms with Gasteiger partial charge in [0.15, 0.2) is 0 Å². The van der Waals surface area contributed by atoms with E-state index in [-0.39, 0.29) is 12.1 Å². The first kappa shape index (κ1) is 21.9. The minimum atomic E-state index is -3.87. The number of hydrogen-bond acceptors (Lipinski definition) is 3. The summed E-state index contributed by atoms with van der Waals surface area (Å²) >= 11 is 0. The summed E-state index contributed by atoms with van der Waals surface area (Å²) in [6.45, 7) is 3.82. The molecule has 0 aromatic heterocycles. The molecule has 0 aliphatic carbocycles. The van der Waals surface area contributed by atoms with E-state index in [2.05, 4.69) is 12.2 Å². The molecule has 0 radical (unpaired) electrons. The fraction of sp³-hybridized carbons (Fsp3) is 0.381. The zero-order valence-electron chi connectivity index (χ0n) is 16.5. The highest BCUT2D eigenvalue weighted by Crippen LogP contribution is 2.26. The van der Waals surface area contributed by atoms with E-state index < -0.39 is 27.8 Å².